The van der Waals surface area contributed by atoms with Crippen LogP contribution in [0.2, 0.25) is 0 Å². The van der Waals surface area contributed by atoms with Crippen LogP contribution in [0.15, 0.2) is 0 Å². The Morgan fingerprint density at radius 3 is 0.786 bits per heavy atom. The summed E-state index contributed by atoms with van der Waals surface area (Å²) in [6.07, 6.45) is -1.07. The van der Waals surface area contributed by atoms with Crippen molar-refractivity contribution in [2.75, 3.05) is 152 Å². The molecule has 0 fully saturated rings. The fourth-order valence-electron chi connectivity index (χ4n) is 3.85. The number of hydrogen-bond donors (Lipinski definition) is 3. The van der Waals surface area contributed by atoms with Crippen molar-refractivity contribution >= 4 is 0 Å². The monoisotopic (exact) mass is 823 g/mol. The quantitative estimate of drug-likeness (QED) is 0.0757. The van der Waals surface area contributed by atoms with Gasteiger partial charge in [0.05, 0.1) is 194 Å². The first-order valence-corrected chi connectivity index (χ1v) is 20.1. The molecule has 0 aromatic rings. The Balaban J connectivity index is 0. The van der Waals surface area contributed by atoms with E-state index in [2.05, 4.69) is 0 Å². The third-order valence-electron chi connectivity index (χ3n) is 7.10. The Morgan fingerprint density at radius 1 is 0.321 bits per heavy atom. The molecule has 56 heavy (non-hydrogen) atoms. The van der Waals surface area contributed by atoms with Crippen molar-refractivity contribution in [3.05, 3.63) is 0 Å². The van der Waals surface area contributed by atoms with Crippen molar-refractivity contribution in [2.45, 2.75) is 104 Å². The number of aliphatic hydroxyl groups is 3. The molecule has 17 heteroatoms. The number of rotatable bonds is 42. The lowest BCUT2D eigenvalue weighted by Gasteiger charge is -2.22. The van der Waals surface area contributed by atoms with Crippen molar-refractivity contribution in [1.29, 1.82) is 0 Å². The van der Waals surface area contributed by atoms with Gasteiger partial charge in [0, 0.05) is 7.11 Å². The SMILES string of the molecule is CC(O)COC(C)COC(C)COC(C)COC(C)COC(C)COC(C)COC(C)CO.COCCOCCOCCOCCOCCOCCOCCO. The van der Waals surface area contributed by atoms with E-state index in [-0.39, 0.29) is 55.9 Å². The minimum atomic E-state index is -0.478. The second-order valence-corrected chi connectivity index (χ2v) is 13.4. The number of hydrogen-bond acceptors (Lipinski definition) is 17. The molecule has 340 valence electrons. The summed E-state index contributed by atoms with van der Waals surface area (Å²) in [6.45, 7) is 25.1. The van der Waals surface area contributed by atoms with Gasteiger partial charge in [0.25, 0.3) is 0 Å². The van der Waals surface area contributed by atoms with E-state index >= 15 is 0 Å². The molecule has 0 bridgehead atoms. The molecule has 8 atom stereocenters. The van der Waals surface area contributed by atoms with Crippen LogP contribution in [-0.4, -0.2) is 217 Å². The van der Waals surface area contributed by atoms with Gasteiger partial charge in [-0.15, -0.1) is 0 Å². The molecule has 0 spiro atoms. The molecule has 0 heterocycles. The van der Waals surface area contributed by atoms with Gasteiger partial charge in [-0.2, -0.15) is 0 Å². The maximum atomic E-state index is 9.24. The predicted octanol–water partition coefficient (Wildman–Crippen LogP) is 1.92. The molecular formula is C39H82O17. The maximum absolute atomic E-state index is 9.24. The molecule has 0 aromatic heterocycles. The van der Waals surface area contributed by atoms with Gasteiger partial charge < -0.3 is 81.6 Å². The average Bonchev–Trinajstić information content (AvgIpc) is 3.19. The second-order valence-electron chi connectivity index (χ2n) is 13.4. The van der Waals surface area contributed by atoms with Crippen molar-refractivity contribution in [1.82, 2.24) is 0 Å². The first kappa shape index (κ1) is 57.4. The zero-order valence-electron chi connectivity index (χ0n) is 36.2. The fraction of sp³-hybridized carbons (Fsp3) is 1.00. The van der Waals surface area contributed by atoms with E-state index in [1.807, 2.05) is 48.5 Å². The average molecular weight is 823 g/mol. The van der Waals surface area contributed by atoms with Crippen molar-refractivity contribution in [3.63, 3.8) is 0 Å². The summed E-state index contributed by atoms with van der Waals surface area (Å²) in [6, 6.07) is 0. The molecule has 3 N–H and O–H groups in total. The molecule has 0 aromatic carbocycles. The lowest BCUT2D eigenvalue weighted by Crippen LogP contribution is -2.30. The highest BCUT2D eigenvalue weighted by atomic mass is 16.6. The van der Waals surface area contributed by atoms with Crippen LogP contribution in [0.25, 0.3) is 0 Å². The highest BCUT2D eigenvalue weighted by molar-refractivity contribution is 4.59. The second kappa shape index (κ2) is 43.9. The molecule has 0 amide bonds. The predicted molar refractivity (Wildman–Crippen MR) is 211 cm³/mol. The summed E-state index contributed by atoms with van der Waals surface area (Å²) in [5.41, 5.74) is 0. The van der Waals surface area contributed by atoms with E-state index in [4.69, 9.17) is 76.5 Å². The molecule has 0 aliphatic rings. The molecule has 0 aliphatic carbocycles. The number of methoxy groups -OCH3 is 1. The summed E-state index contributed by atoms with van der Waals surface area (Å²) in [7, 11) is 1.64. The molecule has 8 unspecified atom stereocenters. The molecule has 0 radical (unpaired) electrons. The van der Waals surface area contributed by atoms with Crippen molar-refractivity contribution in [3.8, 4) is 0 Å². The van der Waals surface area contributed by atoms with E-state index in [1.165, 1.54) is 0 Å². The molecule has 0 rings (SSSR count). The van der Waals surface area contributed by atoms with Crippen LogP contribution < -0.4 is 0 Å². The van der Waals surface area contributed by atoms with Crippen LogP contribution in [0, 0.1) is 0 Å². The van der Waals surface area contributed by atoms with E-state index in [9.17, 15) is 5.11 Å². The third-order valence-corrected chi connectivity index (χ3v) is 7.10. The topological polar surface area (TPSA) is 190 Å². The Labute approximate surface area is 338 Å². The first-order chi connectivity index (χ1) is 26.9. The standard InChI is InChI=1S/C24H50O9.C15H32O8/c1-17(26)10-27-19(3)12-29-21(5)14-31-23(7)16-33-24(8)15-32-22(6)13-30-20(4)11-28-18(2)9-25;1-17-4-5-19-8-9-21-12-13-23-15-14-22-11-10-20-7-6-18-3-2-16/h17-26H,9-16H2,1-8H3;16H,2-15H2,1H3. The summed E-state index contributed by atoms with van der Waals surface area (Å²) in [5, 5.41) is 26.7. The maximum Gasteiger partial charge on any atom is 0.0781 e. The third kappa shape index (κ3) is 46.0. The number of ether oxygens (including phenoxy) is 14. The normalized spacial score (nSPS) is 16.1. The molecule has 0 saturated carbocycles. The lowest BCUT2D eigenvalue weighted by molar-refractivity contribution is -0.108. The van der Waals surface area contributed by atoms with Gasteiger partial charge in [0.15, 0.2) is 0 Å². The van der Waals surface area contributed by atoms with E-state index < -0.39 is 6.10 Å². The fourth-order valence-corrected chi connectivity index (χ4v) is 3.85. The Bertz CT molecular complexity index is 736. The van der Waals surface area contributed by atoms with Gasteiger partial charge in [-0.05, 0) is 55.4 Å². The van der Waals surface area contributed by atoms with Crippen LogP contribution in [-0.2, 0) is 66.3 Å². The number of aliphatic hydroxyl groups excluding tert-OH is 3. The van der Waals surface area contributed by atoms with E-state index in [1.54, 1.807) is 14.0 Å². The summed E-state index contributed by atoms with van der Waals surface area (Å²) < 4.78 is 76.2. The van der Waals surface area contributed by atoms with E-state index in [0.717, 1.165) is 0 Å². The van der Waals surface area contributed by atoms with Crippen molar-refractivity contribution < 1.29 is 81.6 Å². The molecule has 0 aliphatic heterocycles. The highest BCUT2D eigenvalue weighted by Gasteiger charge is 2.14. The highest BCUT2D eigenvalue weighted by Crippen LogP contribution is 2.05. The zero-order chi connectivity index (χ0) is 42.1. The van der Waals surface area contributed by atoms with E-state index in [0.29, 0.717) is 132 Å². The zero-order valence-corrected chi connectivity index (χ0v) is 36.2. The summed E-state index contributed by atoms with van der Waals surface area (Å²) >= 11 is 0. The van der Waals surface area contributed by atoms with Crippen molar-refractivity contribution in [2.24, 2.45) is 0 Å². The molecule has 0 saturated heterocycles. The van der Waals surface area contributed by atoms with Crippen LogP contribution in [0.3, 0.4) is 0 Å². The smallest absolute Gasteiger partial charge is 0.0781 e. The minimum Gasteiger partial charge on any atom is -0.394 e. The minimum absolute atomic E-state index is 0.000849. The van der Waals surface area contributed by atoms with Gasteiger partial charge in [-0.1, -0.05) is 0 Å². The largest absolute Gasteiger partial charge is 0.394 e. The summed E-state index contributed by atoms with van der Waals surface area (Å²) in [4.78, 5) is 0. The lowest BCUT2D eigenvalue weighted by atomic mass is 10.3. The summed E-state index contributed by atoms with van der Waals surface area (Å²) in [5.74, 6) is 0. The van der Waals surface area contributed by atoms with Crippen LogP contribution >= 0.6 is 0 Å². The van der Waals surface area contributed by atoms with Crippen LogP contribution in [0.1, 0.15) is 55.4 Å². The van der Waals surface area contributed by atoms with Gasteiger partial charge in [0.1, 0.15) is 0 Å². The van der Waals surface area contributed by atoms with Crippen LogP contribution in [0.4, 0.5) is 0 Å². The molecule has 17 nitrogen and oxygen atoms in total. The van der Waals surface area contributed by atoms with Gasteiger partial charge >= 0.3 is 0 Å². The van der Waals surface area contributed by atoms with Gasteiger partial charge in [-0.25, -0.2) is 0 Å². The van der Waals surface area contributed by atoms with Gasteiger partial charge in [-0.3, -0.25) is 0 Å². The molecular weight excluding hydrogens is 740 g/mol. The Hall–Kier alpha value is -0.680. The van der Waals surface area contributed by atoms with Gasteiger partial charge in [0.2, 0.25) is 0 Å². The Kier molecular flexibility index (Phi) is 45.0. The Morgan fingerprint density at radius 2 is 0.554 bits per heavy atom. The first-order valence-electron chi connectivity index (χ1n) is 20.1. The van der Waals surface area contributed by atoms with Crippen LogP contribution in [0.5, 0.6) is 0 Å².